The Morgan fingerprint density at radius 2 is 1.87 bits per heavy atom. The summed E-state index contributed by atoms with van der Waals surface area (Å²) in [6.07, 6.45) is 1.57. The summed E-state index contributed by atoms with van der Waals surface area (Å²) in [6, 6.07) is 0.277. The van der Waals surface area contributed by atoms with Gasteiger partial charge in [0.15, 0.2) is 5.96 Å². The molecule has 0 aromatic rings. The van der Waals surface area contributed by atoms with E-state index < -0.39 is 0 Å². The first-order valence-corrected chi connectivity index (χ1v) is 5.75. The molecule has 1 atom stereocenters. The van der Waals surface area contributed by atoms with Crippen molar-refractivity contribution in [1.82, 2.24) is 5.32 Å². The Bertz CT molecular complexity index is 188. The lowest BCUT2D eigenvalue weighted by molar-refractivity contribution is 0.111. The molecular formula is C11H25N3O. The van der Waals surface area contributed by atoms with E-state index in [4.69, 9.17) is 5.73 Å². The van der Waals surface area contributed by atoms with E-state index in [-0.39, 0.29) is 12.1 Å². The van der Waals surface area contributed by atoms with E-state index in [1.54, 1.807) is 0 Å². The van der Waals surface area contributed by atoms with Gasteiger partial charge in [0.2, 0.25) is 0 Å². The first-order chi connectivity index (χ1) is 7.01. The minimum absolute atomic E-state index is 0.277. The monoisotopic (exact) mass is 215 g/mol. The number of nitrogens with zero attached hydrogens (tertiary/aromatic N) is 1. The maximum atomic E-state index is 9.80. The predicted octanol–water partition coefficient (Wildman–Crippen LogP) is 1.10. The molecule has 0 aliphatic rings. The summed E-state index contributed by atoms with van der Waals surface area (Å²) in [5.41, 5.74) is 5.63. The molecule has 0 saturated carbocycles. The van der Waals surface area contributed by atoms with E-state index in [1.807, 2.05) is 13.8 Å². The molecule has 0 radical (unpaired) electrons. The van der Waals surface area contributed by atoms with Gasteiger partial charge in [-0.2, -0.15) is 0 Å². The van der Waals surface area contributed by atoms with Crippen LogP contribution in [0.25, 0.3) is 0 Å². The van der Waals surface area contributed by atoms with E-state index in [0.717, 1.165) is 12.8 Å². The molecule has 1 unspecified atom stereocenters. The highest BCUT2D eigenvalue weighted by Crippen LogP contribution is 2.12. The van der Waals surface area contributed by atoms with Gasteiger partial charge < -0.3 is 16.2 Å². The largest absolute Gasteiger partial charge is 0.391 e. The quantitative estimate of drug-likeness (QED) is 0.459. The summed E-state index contributed by atoms with van der Waals surface area (Å²) in [5.74, 6) is 0.732. The zero-order chi connectivity index (χ0) is 11.8. The van der Waals surface area contributed by atoms with Crippen molar-refractivity contribution in [2.24, 2.45) is 16.6 Å². The summed E-state index contributed by atoms with van der Waals surface area (Å²) in [4.78, 5) is 4.11. The molecule has 0 aromatic carbocycles. The third kappa shape index (κ3) is 6.33. The predicted molar refractivity (Wildman–Crippen MR) is 64.8 cm³/mol. The normalized spacial score (nSPS) is 14.7. The third-order valence-electron chi connectivity index (χ3n) is 2.48. The lowest BCUT2D eigenvalue weighted by Gasteiger charge is -2.18. The van der Waals surface area contributed by atoms with Crippen LogP contribution < -0.4 is 11.1 Å². The third-order valence-corrected chi connectivity index (χ3v) is 2.48. The lowest BCUT2D eigenvalue weighted by atomic mass is 9.97. The molecule has 15 heavy (non-hydrogen) atoms. The van der Waals surface area contributed by atoms with Crippen LogP contribution in [0, 0.1) is 5.92 Å². The molecule has 0 bridgehead atoms. The molecular weight excluding hydrogens is 190 g/mol. The Morgan fingerprint density at radius 3 is 2.27 bits per heavy atom. The molecule has 4 heteroatoms. The lowest BCUT2D eigenvalue weighted by Crippen LogP contribution is -2.37. The molecule has 0 fully saturated rings. The van der Waals surface area contributed by atoms with E-state index in [9.17, 15) is 5.11 Å². The number of rotatable bonds is 6. The van der Waals surface area contributed by atoms with Crippen LogP contribution in [-0.4, -0.2) is 29.8 Å². The zero-order valence-electron chi connectivity index (χ0n) is 10.3. The maximum absolute atomic E-state index is 9.80. The first kappa shape index (κ1) is 14.2. The number of hydrogen-bond donors (Lipinski definition) is 3. The van der Waals surface area contributed by atoms with Crippen LogP contribution >= 0.6 is 0 Å². The zero-order valence-corrected chi connectivity index (χ0v) is 10.3. The van der Waals surface area contributed by atoms with Gasteiger partial charge in [-0.15, -0.1) is 0 Å². The number of guanidine groups is 1. The van der Waals surface area contributed by atoms with Gasteiger partial charge in [0, 0.05) is 6.04 Å². The Hall–Kier alpha value is -0.770. The summed E-state index contributed by atoms with van der Waals surface area (Å²) in [5, 5.41) is 12.8. The van der Waals surface area contributed by atoms with Crippen molar-refractivity contribution in [1.29, 1.82) is 0 Å². The minimum atomic E-state index is -0.382. The standard InChI is InChI=1S/C11H25N3O/c1-5-9(6-2)10(15)7-13-11(12)14-8(3)4/h8-10,15H,5-7H2,1-4H3,(H3,12,13,14). The van der Waals surface area contributed by atoms with Crippen molar-refractivity contribution >= 4 is 5.96 Å². The first-order valence-electron chi connectivity index (χ1n) is 5.75. The van der Waals surface area contributed by atoms with Gasteiger partial charge in [0.1, 0.15) is 0 Å². The number of aliphatic imine (C=N–C) groups is 1. The maximum Gasteiger partial charge on any atom is 0.188 e. The molecule has 90 valence electrons. The second-order valence-electron chi connectivity index (χ2n) is 4.17. The number of nitrogens with two attached hydrogens (primary N) is 1. The smallest absolute Gasteiger partial charge is 0.188 e. The van der Waals surface area contributed by atoms with Crippen molar-refractivity contribution in [2.75, 3.05) is 6.54 Å². The fourth-order valence-electron chi connectivity index (χ4n) is 1.52. The minimum Gasteiger partial charge on any atom is -0.391 e. The Morgan fingerprint density at radius 1 is 1.33 bits per heavy atom. The molecule has 0 aliphatic heterocycles. The molecule has 4 nitrogen and oxygen atoms in total. The fourth-order valence-corrected chi connectivity index (χ4v) is 1.52. The fraction of sp³-hybridized carbons (Fsp3) is 0.909. The molecule has 0 aliphatic carbocycles. The number of nitrogens with one attached hydrogen (secondary N) is 1. The number of aliphatic hydroxyl groups excluding tert-OH is 1. The van der Waals surface area contributed by atoms with Crippen LogP contribution in [0.4, 0.5) is 0 Å². The molecule has 4 N–H and O–H groups in total. The molecule has 0 aromatic heterocycles. The second-order valence-corrected chi connectivity index (χ2v) is 4.17. The van der Waals surface area contributed by atoms with Gasteiger partial charge in [-0.25, -0.2) is 0 Å². The van der Waals surface area contributed by atoms with Crippen molar-refractivity contribution in [2.45, 2.75) is 52.7 Å². The van der Waals surface area contributed by atoms with Gasteiger partial charge in [0.25, 0.3) is 0 Å². The summed E-state index contributed by atoms with van der Waals surface area (Å²) in [7, 11) is 0. The molecule has 0 spiro atoms. The molecule has 0 amide bonds. The number of aliphatic hydroxyl groups is 1. The van der Waals surface area contributed by atoms with Crippen molar-refractivity contribution < 1.29 is 5.11 Å². The highest BCUT2D eigenvalue weighted by molar-refractivity contribution is 5.78. The van der Waals surface area contributed by atoms with Crippen molar-refractivity contribution in [3.63, 3.8) is 0 Å². The molecule has 0 rings (SSSR count). The van der Waals surface area contributed by atoms with E-state index in [0.29, 0.717) is 18.4 Å². The summed E-state index contributed by atoms with van der Waals surface area (Å²) in [6.45, 7) is 8.55. The van der Waals surface area contributed by atoms with Gasteiger partial charge in [-0.05, 0) is 19.8 Å². The van der Waals surface area contributed by atoms with Crippen LogP contribution in [0.5, 0.6) is 0 Å². The molecule has 0 saturated heterocycles. The van der Waals surface area contributed by atoms with Gasteiger partial charge in [-0.1, -0.05) is 26.7 Å². The Kier molecular flexibility index (Phi) is 7.13. The molecule has 0 heterocycles. The average molecular weight is 215 g/mol. The van der Waals surface area contributed by atoms with Crippen LogP contribution in [0.15, 0.2) is 4.99 Å². The van der Waals surface area contributed by atoms with E-state index in [2.05, 4.69) is 24.2 Å². The van der Waals surface area contributed by atoms with E-state index in [1.165, 1.54) is 0 Å². The summed E-state index contributed by atoms with van der Waals surface area (Å²) >= 11 is 0. The van der Waals surface area contributed by atoms with Gasteiger partial charge in [0.05, 0.1) is 12.6 Å². The van der Waals surface area contributed by atoms with Crippen LogP contribution in [0.3, 0.4) is 0 Å². The topological polar surface area (TPSA) is 70.6 Å². The Balaban J connectivity index is 4.01. The van der Waals surface area contributed by atoms with Crippen LogP contribution in [0.2, 0.25) is 0 Å². The average Bonchev–Trinajstić information content (AvgIpc) is 2.15. The van der Waals surface area contributed by atoms with Crippen LogP contribution in [-0.2, 0) is 0 Å². The highest BCUT2D eigenvalue weighted by Gasteiger charge is 2.14. The van der Waals surface area contributed by atoms with Crippen molar-refractivity contribution in [3.05, 3.63) is 0 Å². The number of hydrogen-bond acceptors (Lipinski definition) is 2. The van der Waals surface area contributed by atoms with E-state index >= 15 is 0 Å². The highest BCUT2D eigenvalue weighted by atomic mass is 16.3. The SMILES string of the molecule is CCC(CC)C(O)CN=C(N)NC(C)C. The van der Waals surface area contributed by atoms with Crippen molar-refractivity contribution in [3.8, 4) is 0 Å². The Labute approximate surface area is 93.0 Å². The second kappa shape index (κ2) is 7.51. The van der Waals surface area contributed by atoms with Crippen LogP contribution in [0.1, 0.15) is 40.5 Å². The summed E-state index contributed by atoms with van der Waals surface area (Å²) < 4.78 is 0. The van der Waals surface area contributed by atoms with Gasteiger partial charge >= 0.3 is 0 Å². The van der Waals surface area contributed by atoms with Gasteiger partial charge in [-0.3, -0.25) is 4.99 Å².